The van der Waals surface area contributed by atoms with Crippen LogP contribution in [0.2, 0.25) is 0 Å². The van der Waals surface area contributed by atoms with Crippen LogP contribution >= 0.6 is 0 Å². The molecule has 2 aliphatic rings. The van der Waals surface area contributed by atoms with Crippen LogP contribution in [0, 0.1) is 0 Å². The molecule has 0 amide bonds. The van der Waals surface area contributed by atoms with E-state index in [4.69, 9.17) is 10.7 Å². The fourth-order valence-corrected chi connectivity index (χ4v) is 2.86. The van der Waals surface area contributed by atoms with Crippen LogP contribution < -0.4 is 5.73 Å². The van der Waals surface area contributed by atoms with Gasteiger partial charge in [0.15, 0.2) is 0 Å². The van der Waals surface area contributed by atoms with Crippen molar-refractivity contribution in [2.45, 2.75) is 63.3 Å². The summed E-state index contributed by atoms with van der Waals surface area (Å²) in [6.45, 7) is 0.580. The van der Waals surface area contributed by atoms with Crippen LogP contribution in [-0.2, 0) is 6.54 Å². The number of rotatable bonds is 3. The van der Waals surface area contributed by atoms with Gasteiger partial charge in [0.2, 0.25) is 0 Å². The molecule has 92 valence electrons. The minimum absolute atomic E-state index is 0.580. The maximum Gasteiger partial charge on any atom is 0.131 e. The lowest BCUT2D eigenvalue weighted by Crippen LogP contribution is -2.12. The summed E-state index contributed by atoms with van der Waals surface area (Å²) in [6.07, 6.45) is 11.1. The summed E-state index contributed by atoms with van der Waals surface area (Å²) in [5, 5.41) is 0. The average molecular weight is 231 g/mol. The van der Waals surface area contributed by atoms with Crippen LogP contribution in [0.15, 0.2) is 6.20 Å². The van der Waals surface area contributed by atoms with E-state index in [-0.39, 0.29) is 0 Å². The first kappa shape index (κ1) is 11.1. The molecule has 1 aromatic heterocycles. The van der Waals surface area contributed by atoms with E-state index in [0.717, 1.165) is 11.4 Å². The van der Waals surface area contributed by atoms with E-state index in [9.17, 15) is 0 Å². The molecule has 2 saturated carbocycles. The van der Waals surface area contributed by atoms with Gasteiger partial charge in [-0.05, 0) is 25.7 Å². The summed E-state index contributed by atoms with van der Waals surface area (Å²) in [6, 6.07) is 0. The van der Waals surface area contributed by atoms with Crippen LogP contribution in [0.3, 0.4) is 0 Å². The standard InChI is InChI=1S/C14H21N3/c15-8-12-9-16-14(11-4-2-1-3-5-11)17-13(12)10-6-7-10/h9-11H,1-8,15H2. The van der Waals surface area contributed by atoms with Crippen LogP contribution in [0.25, 0.3) is 0 Å². The van der Waals surface area contributed by atoms with Gasteiger partial charge >= 0.3 is 0 Å². The van der Waals surface area contributed by atoms with Gasteiger partial charge in [0.05, 0.1) is 5.69 Å². The van der Waals surface area contributed by atoms with Gasteiger partial charge in [0.25, 0.3) is 0 Å². The van der Waals surface area contributed by atoms with E-state index in [1.807, 2.05) is 6.20 Å². The topological polar surface area (TPSA) is 51.8 Å². The first-order valence-corrected chi connectivity index (χ1v) is 6.94. The highest BCUT2D eigenvalue weighted by molar-refractivity contribution is 5.25. The Labute approximate surface area is 103 Å². The number of nitrogens with zero attached hydrogens (tertiary/aromatic N) is 2. The van der Waals surface area contributed by atoms with E-state index in [1.54, 1.807) is 0 Å². The fourth-order valence-electron chi connectivity index (χ4n) is 2.86. The van der Waals surface area contributed by atoms with Crippen molar-refractivity contribution in [3.05, 3.63) is 23.3 Å². The normalized spacial score (nSPS) is 21.7. The van der Waals surface area contributed by atoms with Crippen molar-refractivity contribution in [2.24, 2.45) is 5.73 Å². The van der Waals surface area contributed by atoms with Crippen molar-refractivity contribution in [2.75, 3.05) is 0 Å². The van der Waals surface area contributed by atoms with Crippen molar-refractivity contribution in [3.63, 3.8) is 0 Å². The van der Waals surface area contributed by atoms with Gasteiger partial charge in [-0.2, -0.15) is 0 Å². The predicted octanol–water partition coefficient (Wildman–Crippen LogP) is 2.86. The molecule has 1 aromatic rings. The average Bonchev–Trinajstić information content (AvgIpc) is 3.23. The Balaban J connectivity index is 1.86. The van der Waals surface area contributed by atoms with Gasteiger partial charge in [0.1, 0.15) is 5.82 Å². The molecule has 3 rings (SSSR count). The number of nitrogens with two attached hydrogens (primary N) is 1. The quantitative estimate of drug-likeness (QED) is 0.870. The lowest BCUT2D eigenvalue weighted by atomic mass is 9.88. The molecule has 3 nitrogen and oxygen atoms in total. The molecule has 0 aliphatic heterocycles. The molecule has 2 aliphatic carbocycles. The SMILES string of the molecule is NCc1cnc(C2CCCCC2)nc1C1CC1. The molecule has 17 heavy (non-hydrogen) atoms. The molecule has 2 N–H and O–H groups in total. The smallest absolute Gasteiger partial charge is 0.131 e. The van der Waals surface area contributed by atoms with Gasteiger partial charge in [-0.1, -0.05) is 19.3 Å². The third-order valence-electron chi connectivity index (χ3n) is 4.07. The third-order valence-corrected chi connectivity index (χ3v) is 4.07. The molecule has 0 saturated heterocycles. The van der Waals surface area contributed by atoms with Crippen molar-refractivity contribution < 1.29 is 0 Å². The van der Waals surface area contributed by atoms with E-state index in [0.29, 0.717) is 18.4 Å². The maximum absolute atomic E-state index is 5.76. The summed E-state index contributed by atoms with van der Waals surface area (Å²) in [4.78, 5) is 9.39. The van der Waals surface area contributed by atoms with Gasteiger partial charge in [-0.25, -0.2) is 9.97 Å². The molecular formula is C14H21N3. The van der Waals surface area contributed by atoms with Gasteiger partial charge in [0, 0.05) is 30.1 Å². The Kier molecular flexibility index (Phi) is 3.10. The molecule has 0 radical (unpaired) electrons. The molecule has 0 bridgehead atoms. The summed E-state index contributed by atoms with van der Waals surface area (Å²) in [5.41, 5.74) is 8.18. The molecule has 0 spiro atoms. The van der Waals surface area contributed by atoms with Gasteiger partial charge in [-0.15, -0.1) is 0 Å². The maximum atomic E-state index is 5.76. The minimum atomic E-state index is 0.580. The number of hydrogen-bond donors (Lipinski definition) is 1. The second-order valence-electron chi connectivity index (χ2n) is 5.45. The molecule has 3 heteroatoms. The summed E-state index contributed by atoms with van der Waals surface area (Å²) in [5.74, 6) is 2.37. The highest BCUT2D eigenvalue weighted by Gasteiger charge is 2.29. The summed E-state index contributed by atoms with van der Waals surface area (Å²) >= 11 is 0. The van der Waals surface area contributed by atoms with Crippen molar-refractivity contribution >= 4 is 0 Å². The van der Waals surface area contributed by atoms with Crippen LogP contribution in [0.4, 0.5) is 0 Å². The zero-order valence-corrected chi connectivity index (χ0v) is 10.4. The molecule has 1 heterocycles. The Morgan fingerprint density at radius 1 is 1.06 bits per heavy atom. The predicted molar refractivity (Wildman–Crippen MR) is 67.7 cm³/mol. The van der Waals surface area contributed by atoms with E-state index >= 15 is 0 Å². The van der Waals surface area contributed by atoms with Crippen molar-refractivity contribution in [1.82, 2.24) is 9.97 Å². The lowest BCUT2D eigenvalue weighted by Gasteiger charge is -2.21. The Morgan fingerprint density at radius 3 is 2.47 bits per heavy atom. The molecule has 0 unspecified atom stereocenters. The summed E-state index contributed by atoms with van der Waals surface area (Å²) in [7, 11) is 0. The zero-order valence-electron chi connectivity index (χ0n) is 10.4. The van der Waals surface area contributed by atoms with Crippen LogP contribution in [0.1, 0.15) is 73.9 Å². The van der Waals surface area contributed by atoms with E-state index < -0.39 is 0 Å². The zero-order chi connectivity index (χ0) is 11.7. The highest BCUT2D eigenvalue weighted by atomic mass is 14.9. The second-order valence-corrected chi connectivity index (χ2v) is 5.45. The highest BCUT2D eigenvalue weighted by Crippen LogP contribution is 2.41. The lowest BCUT2D eigenvalue weighted by molar-refractivity contribution is 0.427. The fraction of sp³-hybridized carbons (Fsp3) is 0.714. The van der Waals surface area contributed by atoms with Gasteiger partial charge in [-0.3, -0.25) is 0 Å². The molecule has 0 aromatic carbocycles. The van der Waals surface area contributed by atoms with E-state index in [1.165, 1.54) is 50.6 Å². The second kappa shape index (κ2) is 4.73. The summed E-state index contributed by atoms with van der Waals surface area (Å²) < 4.78 is 0. The Morgan fingerprint density at radius 2 is 1.82 bits per heavy atom. The first-order chi connectivity index (χ1) is 8.38. The van der Waals surface area contributed by atoms with Crippen molar-refractivity contribution in [1.29, 1.82) is 0 Å². The van der Waals surface area contributed by atoms with Crippen LogP contribution in [-0.4, -0.2) is 9.97 Å². The van der Waals surface area contributed by atoms with Crippen LogP contribution in [0.5, 0.6) is 0 Å². The first-order valence-electron chi connectivity index (χ1n) is 6.94. The Bertz CT molecular complexity index is 392. The van der Waals surface area contributed by atoms with E-state index in [2.05, 4.69) is 4.98 Å². The molecular weight excluding hydrogens is 210 g/mol. The van der Waals surface area contributed by atoms with Gasteiger partial charge < -0.3 is 5.73 Å². The Hall–Kier alpha value is -0.960. The molecule has 2 fully saturated rings. The monoisotopic (exact) mass is 231 g/mol. The molecule has 0 atom stereocenters. The van der Waals surface area contributed by atoms with Crippen molar-refractivity contribution in [3.8, 4) is 0 Å². The number of hydrogen-bond acceptors (Lipinski definition) is 3. The minimum Gasteiger partial charge on any atom is -0.326 e. The largest absolute Gasteiger partial charge is 0.326 e. The third kappa shape index (κ3) is 2.34. The number of aromatic nitrogens is 2.